The molecule has 0 radical (unpaired) electrons. The summed E-state index contributed by atoms with van der Waals surface area (Å²) < 4.78 is 0. The summed E-state index contributed by atoms with van der Waals surface area (Å²) in [6, 6.07) is 0. The predicted octanol–water partition coefficient (Wildman–Crippen LogP) is 2.32. The molecule has 0 aliphatic heterocycles. The highest BCUT2D eigenvalue weighted by atomic mass is 16.2. The second-order valence-electron chi connectivity index (χ2n) is 5.53. The number of hydrogen-bond donors (Lipinski definition) is 0. The van der Waals surface area contributed by atoms with Crippen LogP contribution in [-0.2, 0) is 14.4 Å². The topological polar surface area (TPSA) is 51.2 Å². The first-order valence-corrected chi connectivity index (χ1v) is 6.65. The standard InChI is InChI=1S/C14H20O3/c1-9(15)8-13(16)12-7-6-11(14(12)17)10-4-2-3-5-10/h10-12H,2-8H2,1H3. The first-order valence-electron chi connectivity index (χ1n) is 6.65. The van der Waals surface area contributed by atoms with Crippen molar-refractivity contribution in [2.75, 3.05) is 0 Å². The molecule has 2 fully saturated rings. The fraction of sp³-hybridized carbons (Fsp3) is 0.786. The van der Waals surface area contributed by atoms with Gasteiger partial charge >= 0.3 is 0 Å². The lowest BCUT2D eigenvalue weighted by molar-refractivity contribution is -0.134. The van der Waals surface area contributed by atoms with E-state index >= 15 is 0 Å². The van der Waals surface area contributed by atoms with Crippen LogP contribution in [0.4, 0.5) is 0 Å². The van der Waals surface area contributed by atoms with E-state index in [0.29, 0.717) is 12.3 Å². The first-order chi connectivity index (χ1) is 8.09. The highest BCUT2D eigenvalue weighted by Gasteiger charge is 2.42. The number of rotatable bonds is 4. The van der Waals surface area contributed by atoms with Gasteiger partial charge in [-0.05, 0) is 38.5 Å². The Labute approximate surface area is 102 Å². The highest BCUT2D eigenvalue weighted by molar-refractivity contribution is 6.10. The largest absolute Gasteiger partial charge is 0.300 e. The van der Waals surface area contributed by atoms with Gasteiger partial charge < -0.3 is 0 Å². The van der Waals surface area contributed by atoms with Gasteiger partial charge in [0.2, 0.25) is 0 Å². The lowest BCUT2D eigenvalue weighted by Gasteiger charge is -2.16. The Morgan fingerprint density at radius 3 is 2.35 bits per heavy atom. The number of ketones is 3. The zero-order valence-corrected chi connectivity index (χ0v) is 10.4. The van der Waals surface area contributed by atoms with Crippen LogP contribution < -0.4 is 0 Å². The molecule has 17 heavy (non-hydrogen) atoms. The summed E-state index contributed by atoms with van der Waals surface area (Å²) in [4.78, 5) is 34.9. The molecule has 3 heteroatoms. The Morgan fingerprint density at radius 1 is 1.12 bits per heavy atom. The van der Waals surface area contributed by atoms with Gasteiger partial charge in [-0.3, -0.25) is 14.4 Å². The van der Waals surface area contributed by atoms with Crippen LogP contribution in [0, 0.1) is 17.8 Å². The molecule has 2 saturated carbocycles. The fourth-order valence-electron chi connectivity index (χ4n) is 3.41. The summed E-state index contributed by atoms with van der Waals surface area (Å²) in [5.41, 5.74) is 0. The Hall–Kier alpha value is -0.990. The van der Waals surface area contributed by atoms with Gasteiger partial charge in [-0.15, -0.1) is 0 Å². The van der Waals surface area contributed by atoms with E-state index in [1.54, 1.807) is 0 Å². The van der Waals surface area contributed by atoms with Gasteiger partial charge in [-0.25, -0.2) is 0 Å². The number of carbonyl (C=O) groups excluding carboxylic acids is 3. The maximum atomic E-state index is 12.2. The minimum absolute atomic E-state index is 0.0617. The molecule has 3 nitrogen and oxygen atoms in total. The van der Waals surface area contributed by atoms with Crippen molar-refractivity contribution in [3.05, 3.63) is 0 Å². The van der Waals surface area contributed by atoms with E-state index in [2.05, 4.69) is 0 Å². The van der Waals surface area contributed by atoms with Gasteiger partial charge in [-0.2, -0.15) is 0 Å². The predicted molar refractivity (Wildman–Crippen MR) is 63.5 cm³/mol. The summed E-state index contributed by atoms with van der Waals surface area (Å²) in [6.07, 6.45) is 6.20. The summed E-state index contributed by atoms with van der Waals surface area (Å²) in [7, 11) is 0. The molecule has 2 aliphatic rings. The minimum Gasteiger partial charge on any atom is -0.300 e. The summed E-state index contributed by atoms with van der Waals surface area (Å²) in [5, 5.41) is 0. The Bertz CT molecular complexity index is 339. The van der Waals surface area contributed by atoms with E-state index in [0.717, 1.165) is 19.3 Å². The molecular formula is C14H20O3. The van der Waals surface area contributed by atoms with Gasteiger partial charge in [0.1, 0.15) is 11.6 Å². The molecule has 94 valence electrons. The van der Waals surface area contributed by atoms with Gasteiger partial charge in [0.25, 0.3) is 0 Å². The maximum absolute atomic E-state index is 12.2. The van der Waals surface area contributed by atoms with Gasteiger partial charge in [0.15, 0.2) is 5.78 Å². The zero-order valence-electron chi connectivity index (χ0n) is 10.4. The average molecular weight is 236 g/mol. The van der Waals surface area contributed by atoms with Crippen LogP contribution in [0.5, 0.6) is 0 Å². The van der Waals surface area contributed by atoms with E-state index in [1.807, 2.05) is 0 Å². The number of carbonyl (C=O) groups is 3. The Balaban J connectivity index is 1.97. The molecule has 2 aliphatic carbocycles. The van der Waals surface area contributed by atoms with Crippen LogP contribution in [-0.4, -0.2) is 17.3 Å². The smallest absolute Gasteiger partial charge is 0.150 e. The maximum Gasteiger partial charge on any atom is 0.150 e. The molecule has 2 rings (SSSR count). The molecule has 0 amide bonds. The summed E-state index contributed by atoms with van der Waals surface area (Å²) in [5.74, 6) is -0.00111. The third-order valence-corrected chi connectivity index (χ3v) is 4.26. The monoisotopic (exact) mass is 236 g/mol. The second kappa shape index (κ2) is 5.11. The molecule has 0 spiro atoms. The molecular weight excluding hydrogens is 216 g/mol. The zero-order chi connectivity index (χ0) is 12.4. The molecule has 0 bridgehead atoms. The molecule has 0 saturated heterocycles. The lowest BCUT2D eigenvalue weighted by atomic mass is 9.86. The van der Waals surface area contributed by atoms with Crippen LogP contribution in [0.2, 0.25) is 0 Å². The molecule has 0 aromatic carbocycles. The van der Waals surface area contributed by atoms with Gasteiger partial charge in [-0.1, -0.05) is 12.8 Å². The van der Waals surface area contributed by atoms with Gasteiger partial charge in [0, 0.05) is 5.92 Å². The summed E-state index contributed by atoms with van der Waals surface area (Å²) in [6.45, 7) is 1.41. The van der Waals surface area contributed by atoms with Crippen molar-refractivity contribution >= 4 is 17.3 Å². The van der Waals surface area contributed by atoms with Crippen molar-refractivity contribution in [2.24, 2.45) is 17.8 Å². The third kappa shape index (κ3) is 2.64. The van der Waals surface area contributed by atoms with Crippen LogP contribution in [0.25, 0.3) is 0 Å². The van der Waals surface area contributed by atoms with Crippen molar-refractivity contribution in [1.29, 1.82) is 0 Å². The van der Waals surface area contributed by atoms with E-state index in [1.165, 1.54) is 19.8 Å². The molecule has 2 unspecified atom stereocenters. The van der Waals surface area contributed by atoms with Crippen molar-refractivity contribution in [3.8, 4) is 0 Å². The van der Waals surface area contributed by atoms with E-state index in [-0.39, 0.29) is 29.7 Å². The molecule has 2 atom stereocenters. The van der Waals surface area contributed by atoms with Crippen LogP contribution >= 0.6 is 0 Å². The van der Waals surface area contributed by atoms with E-state index < -0.39 is 5.92 Å². The molecule has 0 heterocycles. The minimum atomic E-state index is -0.468. The SMILES string of the molecule is CC(=O)CC(=O)C1CCC(C2CCCC2)C1=O. The fourth-order valence-corrected chi connectivity index (χ4v) is 3.41. The first kappa shape index (κ1) is 12.5. The van der Waals surface area contributed by atoms with Crippen LogP contribution in [0.15, 0.2) is 0 Å². The van der Waals surface area contributed by atoms with E-state index in [4.69, 9.17) is 0 Å². The highest BCUT2D eigenvalue weighted by Crippen LogP contribution is 2.41. The normalized spacial score (nSPS) is 29.8. The summed E-state index contributed by atoms with van der Waals surface area (Å²) >= 11 is 0. The third-order valence-electron chi connectivity index (χ3n) is 4.26. The van der Waals surface area contributed by atoms with E-state index in [9.17, 15) is 14.4 Å². The lowest BCUT2D eigenvalue weighted by Crippen LogP contribution is -2.26. The average Bonchev–Trinajstić information content (AvgIpc) is 2.84. The Kier molecular flexibility index (Phi) is 3.75. The Morgan fingerprint density at radius 2 is 1.76 bits per heavy atom. The molecule has 0 aromatic rings. The van der Waals surface area contributed by atoms with Crippen LogP contribution in [0.3, 0.4) is 0 Å². The number of hydrogen-bond acceptors (Lipinski definition) is 3. The molecule has 0 aromatic heterocycles. The van der Waals surface area contributed by atoms with Crippen molar-refractivity contribution < 1.29 is 14.4 Å². The van der Waals surface area contributed by atoms with Gasteiger partial charge in [0.05, 0.1) is 12.3 Å². The van der Waals surface area contributed by atoms with Crippen molar-refractivity contribution in [3.63, 3.8) is 0 Å². The van der Waals surface area contributed by atoms with Crippen molar-refractivity contribution in [1.82, 2.24) is 0 Å². The second-order valence-corrected chi connectivity index (χ2v) is 5.53. The van der Waals surface area contributed by atoms with Crippen LogP contribution in [0.1, 0.15) is 51.9 Å². The quantitative estimate of drug-likeness (QED) is 0.704. The molecule has 0 N–H and O–H groups in total. The number of Topliss-reactive ketones (excluding diaryl/α,β-unsaturated/α-hetero) is 3. The van der Waals surface area contributed by atoms with Crippen molar-refractivity contribution in [2.45, 2.75) is 51.9 Å².